The maximum absolute atomic E-state index is 10.8. The van der Waals surface area contributed by atoms with Crippen LogP contribution in [0, 0.1) is 40.4 Å². The largest absolute Gasteiger partial charge is 0.390 e. The Hall–Kier alpha value is -0.380. The van der Waals surface area contributed by atoms with Crippen LogP contribution in [0.4, 0.5) is 0 Å². The monoisotopic (exact) mass is 446 g/mol. The molecular weight excluding hydrogens is 396 g/mol. The number of fused-ring (bicyclic) bond motifs is 5. The third-order valence-corrected chi connectivity index (χ3v) is 11.1. The molecule has 4 rings (SSSR count). The van der Waals surface area contributed by atoms with Gasteiger partial charge in [-0.3, -0.25) is 0 Å². The molecule has 184 valence electrons. The van der Waals surface area contributed by atoms with E-state index in [1.54, 1.807) is 12.7 Å². The van der Waals surface area contributed by atoms with Crippen LogP contribution < -0.4 is 0 Å². The van der Waals surface area contributed by atoms with Crippen molar-refractivity contribution in [2.75, 3.05) is 13.7 Å². The molecule has 0 aromatic rings. The molecular formula is C29H50O3. The van der Waals surface area contributed by atoms with Crippen molar-refractivity contribution in [1.82, 2.24) is 0 Å². The van der Waals surface area contributed by atoms with Crippen LogP contribution >= 0.6 is 0 Å². The summed E-state index contributed by atoms with van der Waals surface area (Å²) >= 11 is 0. The molecule has 2 unspecified atom stereocenters. The summed E-state index contributed by atoms with van der Waals surface area (Å²) in [7, 11) is 1.72. The number of ether oxygens (including phenoxy) is 1. The predicted octanol–water partition coefficient (Wildman–Crippen LogP) is 6.52. The van der Waals surface area contributed by atoms with Crippen LogP contribution in [0.1, 0.15) is 105 Å². The Morgan fingerprint density at radius 3 is 2.56 bits per heavy atom. The van der Waals surface area contributed by atoms with Crippen molar-refractivity contribution in [2.24, 2.45) is 40.4 Å². The Morgan fingerprint density at radius 1 is 1.09 bits per heavy atom. The Labute approximate surface area is 197 Å². The molecule has 3 fully saturated rings. The molecule has 3 saturated carbocycles. The van der Waals surface area contributed by atoms with Gasteiger partial charge in [0.2, 0.25) is 0 Å². The fourth-order valence-electron chi connectivity index (χ4n) is 8.97. The summed E-state index contributed by atoms with van der Waals surface area (Å²) in [6.45, 7) is 12.3. The van der Waals surface area contributed by atoms with Crippen molar-refractivity contribution < 1.29 is 14.9 Å². The standard InChI is InChI=1S/C29H50O3/c1-20(11-13-26(2,30)17-18-32-6)23-9-10-24-22-8-7-21-19-27(3,31)15-16-28(21,4)25(22)12-14-29(23,24)5/h7,20,22-25,30-31H,8-19H2,1-6H3/t20-,22?,23-,24+,25+,26?,27+,28+,29-/m1/s1. The van der Waals surface area contributed by atoms with E-state index in [4.69, 9.17) is 4.74 Å². The van der Waals surface area contributed by atoms with Crippen molar-refractivity contribution in [3.63, 3.8) is 0 Å². The smallest absolute Gasteiger partial charge is 0.0657 e. The SMILES string of the molecule is COCCC(C)(O)CC[C@@H](C)[C@H]1CC[C@H]2C3CC=C4C[C@@](C)(O)CC[C@]4(C)[C@H]3CC[C@]12C. The summed E-state index contributed by atoms with van der Waals surface area (Å²) < 4.78 is 5.20. The molecule has 0 aliphatic heterocycles. The third kappa shape index (κ3) is 4.36. The average molecular weight is 447 g/mol. The molecule has 0 spiro atoms. The zero-order valence-electron chi connectivity index (χ0n) is 21.8. The van der Waals surface area contributed by atoms with E-state index in [0.717, 1.165) is 62.2 Å². The lowest BCUT2D eigenvalue weighted by atomic mass is 9.46. The van der Waals surface area contributed by atoms with E-state index in [9.17, 15) is 10.2 Å². The molecule has 0 saturated heterocycles. The van der Waals surface area contributed by atoms with Gasteiger partial charge in [0.05, 0.1) is 11.2 Å². The Balaban J connectivity index is 1.45. The van der Waals surface area contributed by atoms with Crippen molar-refractivity contribution >= 4 is 0 Å². The minimum absolute atomic E-state index is 0.316. The Bertz CT molecular complexity index is 709. The van der Waals surface area contributed by atoms with Crippen LogP contribution in [-0.2, 0) is 4.74 Å². The number of hydrogen-bond acceptors (Lipinski definition) is 3. The van der Waals surface area contributed by atoms with Gasteiger partial charge in [-0.1, -0.05) is 32.4 Å². The van der Waals surface area contributed by atoms with Gasteiger partial charge in [-0.15, -0.1) is 0 Å². The van der Waals surface area contributed by atoms with E-state index in [0.29, 0.717) is 23.4 Å². The van der Waals surface area contributed by atoms with E-state index in [-0.39, 0.29) is 0 Å². The molecule has 0 heterocycles. The second-order valence-electron chi connectivity index (χ2n) is 13.4. The first kappa shape index (κ1) is 24.7. The minimum Gasteiger partial charge on any atom is -0.390 e. The molecule has 0 aromatic carbocycles. The van der Waals surface area contributed by atoms with Gasteiger partial charge < -0.3 is 14.9 Å². The van der Waals surface area contributed by atoms with Gasteiger partial charge in [0.15, 0.2) is 0 Å². The van der Waals surface area contributed by atoms with Crippen molar-refractivity contribution in [2.45, 2.75) is 116 Å². The fourth-order valence-corrected chi connectivity index (χ4v) is 8.97. The number of allylic oxidation sites excluding steroid dienone is 1. The summed E-state index contributed by atoms with van der Waals surface area (Å²) in [5.74, 6) is 3.94. The van der Waals surface area contributed by atoms with Crippen LogP contribution in [0.5, 0.6) is 0 Å². The van der Waals surface area contributed by atoms with Gasteiger partial charge in [-0.05, 0) is 125 Å². The summed E-state index contributed by atoms with van der Waals surface area (Å²) in [5.41, 5.74) is 1.23. The van der Waals surface area contributed by atoms with Crippen LogP contribution in [0.15, 0.2) is 11.6 Å². The molecule has 3 heteroatoms. The van der Waals surface area contributed by atoms with Crippen LogP contribution in [0.2, 0.25) is 0 Å². The van der Waals surface area contributed by atoms with Gasteiger partial charge in [0, 0.05) is 13.7 Å². The van der Waals surface area contributed by atoms with Gasteiger partial charge in [-0.2, -0.15) is 0 Å². The first-order valence-electron chi connectivity index (χ1n) is 13.6. The van der Waals surface area contributed by atoms with Gasteiger partial charge >= 0.3 is 0 Å². The first-order valence-corrected chi connectivity index (χ1v) is 13.6. The number of aliphatic hydroxyl groups is 2. The third-order valence-electron chi connectivity index (χ3n) is 11.1. The zero-order valence-corrected chi connectivity index (χ0v) is 21.8. The minimum atomic E-state index is -0.609. The van der Waals surface area contributed by atoms with Crippen LogP contribution in [0.25, 0.3) is 0 Å². The molecule has 32 heavy (non-hydrogen) atoms. The second kappa shape index (κ2) is 8.68. The number of hydrogen-bond donors (Lipinski definition) is 2. The van der Waals surface area contributed by atoms with E-state index >= 15 is 0 Å². The highest BCUT2D eigenvalue weighted by atomic mass is 16.5. The summed E-state index contributed by atoms with van der Waals surface area (Å²) in [4.78, 5) is 0. The summed E-state index contributed by atoms with van der Waals surface area (Å²) in [6.07, 6.45) is 15.0. The van der Waals surface area contributed by atoms with E-state index in [1.165, 1.54) is 32.1 Å². The molecule has 4 aliphatic rings. The highest BCUT2D eigenvalue weighted by Gasteiger charge is 2.59. The quantitative estimate of drug-likeness (QED) is 0.438. The lowest BCUT2D eigenvalue weighted by molar-refractivity contribution is -0.0717. The maximum Gasteiger partial charge on any atom is 0.0657 e. The topological polar surface area (TPSA) is 49.7 Å². The molecule has 0 aromatic heterocycles. The zero-order chi connectivity index (χ0) is 23.4. The van der Waals surface area contributed by atoms with Crippen LogP contribution in [-0.4, -0.2) is 35.1 Å². The van der Waals surface area contributed by atoms with Crippen molar-refractivity contribution in [3.05, 3.63) is 11.6 Å². The molecule has 4 aliphatic carbocycles. The predicted molar refractivity (Wildman–Crippen MR) is 131 cm³/mol. The summed E-state index contributed by atoms with van der Waals surface area (Å²) in [6, 6.07) is 0. The molecule has 2 N–H and O–H groups in total. The highest BCUT2D eigenvalue weighted by Crippen LogP contribution is 2.67. The molecule has 0 bridgehead atoms. The van der Waals surface area contributed by atoms with Crippen LogP contribution in [0.3, 0.4) is 0 Å². The van der Waals surface area contributed by atoms with Crippen molar-refractivity contribution in [3.8, 4) is 0 Å². The normalized spacial score (nSPS) is 46.4. The number of methoxy groups -OCH3 is 1. The second-order valence-corrected chi connectivity index (χ2v) is 13.4. The summed E-state index contributed by atoms with van der Waals surface area (Å²) in [5, 5.41) is 21.5. The lowest BCUT2D eigenvalue weighted by Crippen LogP contribution is -2.52. The van der Waals surface area contributed by atoms with E-state index in [2.05, 4.69) is 26.8 Å². The molecule has 9 atom stereocenters. The first-order chi connectivity index (χ1) is 14.9. The van der Waals surface area contributed by atoms with Gasteiger partial charge in [-0.25, -0.2) is 0 Å². The highest BCUT2D eigenvalue weighted by molar-refractivity contribution is 5.26. The fraction of sp³-hybridized carbons (Fsp3) is 0.931. The number of rotatable bonds is 7. The molecule has 0 radical (unpaired) electrons. The molecule has 0 amide bonds. The van der Waals surface area contributed by atoms with Gasteiger partial charge in [0.1, 0.15) is 0 Å². The lowest BCUT2D eigenvalue weighted by Gasteiger charge is -2.59. The van der Waals surface area contributed by atoms with Crippen molar-refractivity contribution in [1.29, 1.82) is 0 Å². The van der Waals surface area contributed by atoms with Gasteiger partial charge in [0.25, 0.3) is 0 Å². The van der Waals surface area contributed by atoms with E-state index < -0.39 is 11.2 Å². The average Bonchev–Trinajstić information content (AvgIpc) is 3.08. The maximum atomic E-state index is 10.8. The Kier molecular flexibility index (Phi) is 6.71. The Morgan fingerprint density at radius 2 is 1.84 bits per heavy atom. The molecule has 3 nitrogen and oxygen atoms in total. The van der Waals surface area contributed by atoms with E-state index in [1.807, 2.05) is 13.8 Å².